The lowest BCUT2D eigenvalue weighted by atomic mass is 10.2. The standard InChI is InChI=1S/C14H18FN5O/c1-3-16-13-12(8-10(15)9-18-13)14(21)17-6-4-11-5-7-20(2)19-11/h5,7-9H,3-4,6H2,1-2H3,(H,16,18)(H,17,21). The summed E-state index contributed by atoms with van der Waals surface area (Å²) in [6.45, 7) is 2.92. The minimum Gasteiger partial charge on any atom is -0.370 e. The minimum absolute atomic E-state index is 0.206. The van der Waals surface area contributed by atoms with E-state index in [-0.39, 0.29) is 11.5 Å². The predicted octanol–water partition coefficient (Wildman–Crippen LogP) is 1.36. The fraction of sp³-hybridized carbons (Fsp3) is 0.357. The molecule has 0 spiro atoms. The molecule has 0 bridgehead atoms. The maximum absolute atomic E-state index is 13.3. The number of anilines is 1. The van der Waals surface area contributed by atoms with Gasteiger partial charge in [-0.25, -0.2) is 9.37 Å². The second kappa shape index (κ2) is 6.83. The number of aryl methyl sites for hydroxylation is 1. The summed E-state index contributed by atoms with van der Waals surface area (Å²) in [4.78, 5) is 16.0. The second-order valence-corrected chi connectivity index (χ2v) is 4.57. The van der Waals surface area contributed by atoms with E-state index < -0.39 is 5.82 Å². The first kappa shape index (κ1) is 15.0. The smallest absolute Gasteiger partial charge is 0.255 e. The number of nitrogens with zero attached hydrogens (tertiary/aromatic N) is 3. The number of carbonyl (C=O) groups is 1. The van der Waals surface area contributed by atoms with Crippen molar-refractivity contribution < 1.29 is 9.18 Å². The number of aromatic nitrogens is 3. The van der Waals surface area contributed by atoms with Crippen LogP contribution < -0.4 is 10.6 Å². The maximum atomic E-state index is 13.3. The molecule has 0 unspecified atom stereocenters. The monoisotopic (exact) mass is 291 g/mol. The summed E-state index contributed by atoms with van der Waals surface area (Å²) in [7, 11) is 1.84. The van der Waals surface area contributed by atoms with Gasteiger partial charge in [-0.15, -0.1) is 0 Å². The molecule has 0 fully saturated rings. The van der Waals surface area contributed by atoms with Crippen molar-refractivity contribution in [3.8, 4) is 0 Å². The highest BCUT2D eigenvalue weighted by Crippen LogP contribution is 2.13. The van der Waals surface area contributed by atoms with Crippen LogP contribution in [0.15, 0.2) is 24.5 Å². The first-order chi connectivity index (χ1) is 10.1. The second-order valence-electron chi connectivity index (χ2n) is 4.57. The number of nitrogens with one attached hydrogen (secondary N) is 2. The van der Waals surface area contributed by atoms with Gasteiger partial charge < -0.3 is 10.6 Å². The number of hydrogen-bond donors (Lipinski definition) is 2. The summed E-state index contributed by atoms with van der Waals surface area (Å²) < 4.78 is 15.0. The van der Waals surface area contributed by atoms with Crippen molar-refractivity contribution in [3.05, 3.63) is 41.6 Å². The van der Waals surface area contributed by atoms with E-state index in [4.69, 9.17) is 0 Å². The number of rotatable bonds is 6. The van der Waals surface area contributed by atoms with Crippen molar-refractivity contribution in [3.63, 3.8) is 0 Å². The third kappa shape index (κ3) is 4.01. The molecule has 7 heteroatoms. The Morgan fingerprint density at radius 3 is 2.95 bits per heavy atom. The van der Waals surface area contributed by atoms with Crippen LogP contribution in [0.2, 0.25) is 0 Å². The average molecular weight is 291 g/mol. The molecule has 2 aromatic rings. The van der Waals surface area contributed by atoms with E-state index in [0.29, 0.717) is 25.3 Å². The molecule has 2 aromatic heterocycles. The van der Waals surface area contributed by atoms with Gasteiger partial charge in [-0.2, -0.15) is 5.10 Å². The first-order valence-electron chi connectivity index (χ1n) is 6.76. The van der Waals surface area contributed by atoms with Crippen molar-refractivity contribution in [1.82, 2.24) is 20.1 Å². The van der Waals surface area contributed by atoms with Crippen molar-refractivity contribution >= 4 is 11.7 Å². The lowest BCUT2D eigenvalue weighted by Crippen LogP contribution is -2.27. The Bertz CT molecular complexity index is 626. The molecule has 0 saturated carbocycles. The van der Waals surface area contributed by atoms with Gasteiger partial charge in [0.1, 0.15) is 11.6 Å². The molecule has 0 aliphatic heterocycles. The summed E-state index contributed by atoms with van der Waals surface area (Å²) in [5.74, 6) is -0.505. The first-order valence-corrected chi connectivity index (χ1v) is 6.76. The molecule has 1 amide bonds. The highest BCUT2D eigenvalue weighted by molar-refractivity contribution is 5.98. The van der Waals surface area contributed by atoms with Crippen LogP contribution in [0.25, 0.3) is 0 Å². The molecule has 21 heavy (non-hydrogen) atoms. The Morgan fingerprint density at radius 1 is 1.48 bits per heavy atom. The lowest BCUT2D eigenvalue weighted by molar-refractivity contribution is 0.0954. The van der Waals surface area contributed by atoms with Crippen LogP contribution in [0.4, 0.5) is 10.2 Å². The zero-order valence-corrected chi connectivity index (χ0v) is 12.1. The van der Waals surface area contributed by atoms with Gasteiger partial charge in [0, 0.05) is 32.8 Å². The minimum atomic E-state index is -0.536. The summed E-state index contributed by atoms with van der Waals surface area (Å²) >= 11 is 0. The summed E-state index contributed by atoms with van der Waals surface area (Å²) in [5.41, 5.74) is 1.10. The molecule has 0 atom stereocenters. The van der Waals surface area contributed by atoms with Crippen molar-refractivity contribution in [2.45, 2.75) is 13.3 Å². The van der Waals surface area contributed by atoms with Crippen LogP contribution in [0, 0.1) is 5.82 Å². The Labute approximate surface area is 122 Å². The Hall–Kier alpha value is -2.44. The number of halogens is 1. The number of hydrogen-bond acceptors (Lipinski definition) is 4. The molecular formula is C14H18FN5O. The average Bonchev–Trinajstić information content (AvgIpc) is 2.86. The van der Waals surface area contributed by atoms with Crippen molar-refractivity contribution in [2.24, 2.45) is 7.05 Å². The normalized spacial score (nSPS) is 10.4. The summed E-state index contributed by atoms with van der Waals surface area (Å²) in [6, 6.07) is 3.07. The van der Waals surface area contributed by atoms with Crippen LogP contribution in [-0.2, 0) is 13.5 Å². The van der Waals surface area contributed by atoms with E-state index >= 15 is 0 Å². The number of carbonyl (C=O) groups excluding carboxylic acids is 1. The summed E-state index contributed by atoms with van der Waals surface area (Å²) in [5, 5.41) is 9.91. The van der Waals surface area contributed by atoms with Gasteiger partial charge in [-0.3, -0.25) is 9.48 Å². The summed E-state index contributed by atoms with van der Waals surface area (Å²) in [6.07, 6.45) is 3.55. The van der Waals surface area contributed by atoms with E-state index in [9.17, 15) is 9.18 Å². The zero-order chi connectivity index (χ0) is 15.2. The molecule has 112 valence electrons. The molecule has 6 nitrogen and oxygen atoms in total. The SMILES string of the molecule is CCNc1ncc(F)cc1C(=O)NCCc1ccn(C)n1. The van der Waals surface area contributed by atoms with Gasteiger partial charge in [0.2, 0.25) is 0 Å². The van der Waals surface area contributed by atoms with Crippen molar-refractivity contribution in [1.29, 1.82) is 0 Å². The van der Waals surface area contributed by atoms with E-state index in [1.54, 1.807) is 4.68 Å². The largest absolute Gasteiger partial charge is 0.370 e. The molecule has 0 aliphatic carbocycles. The molecule has 2 rings (SSSR count). The quantitative estimate of drug-likeness (QED) is 0.843. The molecule has 2 N–H and O–H groups in total. The number of pyridine rings is 1. The van der Waals surface area contributed by atoms with Crippen LogP contribution in [0.5, 0.6) is 0 Å². The molecule has 0 radical (unpaired) electrons. The molecular weight excluding hydrogens is 273 g/mol. The van der Waals surface area contributed by atoms with Gasteiger partial charge in [-0.1, -0.05) is 0 Å². The number of amides is 1. The Kier molecular flexibility index (Phi) is 4.86. The molecule has 0 aliphatic rings. The Balaban J connectivity index is 1.97. The maximum Gasteiger partial charge on any atom is 0.255 e. The molecule has 0 saturated heterocycles. The van der Waals surface area contributed by atoms with Crippen LogP contribution in [0.3, 0.4) is 0 Å². The molecule has 0 aromatic carbocycles. The van der Waals surface area contributed by atoms with Gasteiger partial charge in [0.05, 0.1) is 17.5 Å². The fourth-order valence-corrected chi connectivity index (χ4v) is 1.92. The van der Waals surface area contributed by atoms with E-state index in [2.05, 4.69) is 20.7 Å². The highest BCUT2D eigenvalue weighted by Gasteiger charge is 2.13. The van der Waals surface area contributed by atoms with Gasteiger partial charge in [0.15, 0.2) is 0 Å². The van der Waals surface area contributed by atoms with Crippen LogP contribution in [0.1, 0.15) is 23.0 Å². The lowest BCUT2D eigenvalue weighted by Gasteiger charge is -2.10. The zero-order valence-electron chi connectivity index (χ0n) is 12.1. The van der Waals surface area contributed by atoms with E-state index in [1.807, 2.05) is 26.2 Å². The van der Waals surface area contributed by atoms with Crippen LogP contribution >= 0.6 is 0 Å². The highest BCUT2D eigenvalue weighted by atomic mass is 19.1. The van der Waals surface area contributed by atoms with Gasteiger partial charge >= 0.3 is 0 Å². The molecule has 2 heterocycles. The predicted molar refractivity (Wildman–Crippen MR) is 77.6 cm³/mol. The fourth-order valence-electron chi connectivity index (χ4n) is 1.92. The Morgan fingerprint density at radius 2 is 2.29 bits per heavy atom. The van der Waals surface area contributed by atoms with Gasteiger partial charge in [0.25, 0.3) is 5.91 Å². The van der Waals surface area contributed by atoms with Gasteiger partial charge in [-0.05, 0) is 19.1 Å². The van der Waals surface area contributed by atoms with E-state index in [0.717, 1.165) is 11.9 Å². The third-order valence-corrected chi connectivity index (χ3v) is 2.88. The van der Waals surface area contributed by atoms with Crippen LogP contribution in [-0.4, -0.2) is 33.8 Å². The topological polar surface area (TPSA) is 71.8 Å². The third-order valence-electron chi connectivity index (χ3n) is 2.88. The van der Waals surface area contributed by atoms with E-state index in [1.165, 1.54) is 6.07 Å². The van der Waals surface area contributed by atoms with Crippen molar-refractivity contribution in [2.75, 3.05) is 18.4 Å².